The van der Waals surface area contributed by atoms with E-state index in [2.05, 4.69) is 10.3 Å². The Labute approximate surface area is 174 Å². The predicted octanol–water partition coefficient (Wildman–Crippen LogP) is 1.94. The van der Waals surface area contributed by atoms with E-state index in [1.165, 1.54) is 6.92 Å². The van der Waals surface area contributed by atoms with Crippen LogP contribution in [-0.4, -0.2) is 45.5 Å². The first-order valence-electron chi connectivity index (χ1n) is 10.1. The second kappa shape index (κ2) is 8.30. The van der Waals surface area contributed by atoms with Crippen molar-refractivity contribution in [3.63, 3.8) is 0 Å². The number of aromatic nitrogens is 1. The number of amides is 2. The Balaban J connectivity index is 1.56. The average molecular weight is 406 g/mol. The highest BCUT2D eigenvalue weighted by Gasteiger charge is 2.26. The molecule has 2 unspecified atom stereocenters. The molecule has 2 aromatic carbocycles. The molecule has 0 saturated heterocycles. The lowest BCUT2D eigenvalue weighted by atomic mass is 10.0. The summed E-state index contributed by atoms with van der Waals surface area (Å²) < 4.78 is 0. The number of H-pyrrole nitrogens is 1. The van der Waals surface area contributed by atoms with Gasteiger partial charge in [0.05, 0.1) is 24.8 Å². The van der Waals surface area contributed by atoms with E-state index < -0.39 is 18.1 Å². The van der Waals surface area contributed by atoms with Gasteiger partial charge in [-0.3, -0.25) is 9.59 Å². The maximum Gasteiger partial charge on any atom is 0.243 e. The monoisotopic (exact) mass is 406 g/mol. The van der Waals surface area contributed by atoms with Crippen molar-refractivity contribution in [3.8, 4) is 0 Å². The minimum absolute atomic E-state index is 0.0990. The summed E-state index contributed by atoms with van der Waals surface area (Å²) in [5.41, 5.74) is 10.4. The number of rotatable bonds is 5. The summed E-state index contributed by atoms with van der Waals surface area (Å²) in [6.45, 7) is 2.63. The van der Waals surface area contributed by atoms with Gasteiger partial charge in [-0.2, -0.15) is 0 Å². The average Bonchev–Trinajstić information content (AvgIpc) is 3.12. The van der Waals surface area contributed by atoms with Crippen LogP contribution >= 0.6 is 0 Å². The zero-order chi connectivity index (χ0) is 21.3. The van der Waals surface area contributed by atoms with Crippen molar-refractivity contribution in [1.82, 2.24) is 9.88 Å². The summed E-state index contributed by atoms with van der Waals surface area (Å²) in [4.78, 5) is 30.4. The second-order valence-corrected chi connectivity index (χ2v) is 7.79. The summed E-state index contributed by atoms with van der Waals surface area (Å²) in [7, 11) is 0. The topological polar surface area (TPSA) is 111 Å². The summed E-state index contributed by atoms with van der Waals surface area (Å²) >= 11 is 0. The molecule has 0 saturated carbocycles. The van der Waals surface area contributed by atoms with Gasteiger partial charge in [0.15, 0.2) is 0 Å². The van der Waals surface area contributed by atoms with E-state index in [1.54, 1.807) is 0 Å². The van der Waals surface area contributed by atoms with Crippen molar-refractivity contribution >= 4 is 28.4 Å². The number of aliphatic hydroxyl groups excluding tert-OH is 1. The van der Waals surface area contributed by atoms with Crippen LogP contribution in [0.5, 0.6) is 0 Å². The standard InChI is InChI=1S/C23H26N4O3/c1-14(28)22(24)23(30)26-18-9-5-8-17-21(18)16-10-11-27(13-19(16)25-17)20(29)12-15-6-3-2-4-7-15/h2-9,14,22,25,28H,10-13,24H2,1H3,(H,26,30). The fraction of sp³-hybridized carbons (Fsp3) is 0.304. The number of nitrogens with zero attached hydrogens (tertiary/aromatic N) is 1. The number of hydrogen-bond acceptors (Lipinski definition) is 4. The fourth-order valence-corrected chi connectivity index (χ4v) is 3.93. The van der Waals surface area contributed by atoms with Crippen molar-refractivity contribution in [2.45, 2.75) is 38.5 Å². The number of aliphatic hydroxyl groups is 1. The lowest BCUT2D eigenvalue weighted by Gasteiger charge is -2.27. The first kappa shape index (κ1) is 20.1. The number of nitrogens with two attached hydrogens (primary N) is 1. The molecule has 1 aliphatic rings. The van der Waals surface area contributed by atoms with Crippen LogP contribution in [-0.2, 0) is 29.0 Å². The van der Waals surface area contributed by atoms with Crippen LogP contribution in [0.15, 0.2) is 48.5 Å². The van der Waals surface area contributed by atoms with Crippen LogP contribution in [0, 0.1) is 0 Å². The molecular weight excluding hydrogens is 380 g/mol. The molecule has 1 aliphatic heterocycles. The number of hydrogen-bond donors (Lipinski definition) is 4. The fourth-order valence-electron chi connectivity index (χ4n) is 3.93. The van der Waals surface area contributed by atoms with Gasteiger partial charge in [-0.05, 0) is 36.6 Å². The van der Waals surface area contributed by atoms with Gasteiger partial charge in [0.25, 0.3) is 0 Å². The lowest BCUT2D eigenvalue weighted by Crippen LogP contribution is -2.43. The van der Waals surface area contributed by atoms with E-state index >= 15 is 0 Å². The molecule has 156 valence electrons. The van der Waals surface area contributed by atoms with Gasteiger partial charge in [-0.15, -0.1) is 0 Å². The van der Waals surface area contributed by atoms with Crippen LogP contribution < -0.4 is 11.1 Å². The van der Waals surface area contributed by atoms with Crippen molar-refractivity contribution in [2.75, 3.05) is 11.9 Å². The number of aromatic amines is 1. The molecule has 1 aromatic heterocycles. The molecule has 2 atom stereocenters. The predicted molar refractivity (Wildman–Crippen MR) is 116 cm³/mol. The first-order chi connectivity index (χ1) is 14.4. The highest BCUT2D eigenvalue weighted by molar-refractivity contribution is 6.05. The Bertz CT molecular complexity index is 1070. The third-order valence-electron chi connectivity index (χ3n) is 5.63. The summed E-state index contributed by atoms with van der Waals surface area (Å²) in [6, 6.07) is 14.4. The number of benzene rings is 2. The third-order valence-corrected chi connectivity index (χ3v) is 5.63. The molecule has 30 heavy (non-hydrogen) atoms. The Morgan fingerprint density at radius 3 is 2.70 bits per heavy atom. The normalized spacial score (nSPS) is 15.5. The maximum atomic E-state index is 12.8. The van der Waals surface area contributed by atoms with Gasteiger partial charge < -0.3 is 26.0 Å². The summed E-state index contributed by atoms with van der Waals surface area (Å²) in [6.07, 6.45) is 0.147. The highest BCUT2D eigenvalue weighted by Crippen LogP contribution is 2.33. The minimum Gasteiger partial charge on any atom is -0.391 e. The molecule has 5 N–H and O–H groups in total. The first-order valence-corrected chi connectivity index (χ1v) is 10.1. The molecule has 2 heterocycles. The Morgan fingerprint density at radius 1 is 1.20 bits per heavy atom. The number of anilines is 1. The quantitative estimate of drug-likeness (QED) is 0.519. The van der Waals surface area contributed by atoms with Gasteiger partial charge in [0.1, 0.15) is 6.04 Å². The molecule has 0 radical (unpaired) electrons. The number of carbonyl (C=O) groups is 2. The minimum atomic E-state index is -0.999. The number of nitrogens with one attached hydrogen (secondary N) is 2. The van der Waals surface area contributed by atoms with E-state index in [-0.39, 0.29) is 5.91 Å². The summed E-state index contributed by atoms with van der Waals surface area (Å²) in [5.74, 6) is -0.329. The molecule has 4 rings (SSSR count). The lowest BCUT2D eigenvalue weighted by molar-refractivity contribution is -0.131. The van der Waals surface area contributed by atoms with Crippen LogP contribution in [0.3, 0.4) is 0 Å². The molecule has 0 fully saturated rings. The Kier molecular flexibility index (Phi) is 5.57. The van der Waals surface area contributed by atoms with Gasteiger partial charge in [-0.25, -0.2) is 0 Å². The number of carbonyl (C=O) groups excluding carboxylic acids is 2. The molecule has 0 aliphatic carbocycles. The molecule has 0 spiro atoms. The van der Waals surface area contributed by atoms with Crippen LogP contribution in [0.4, 0.5) is 5.69 Å². The number of fused-ring (bicyclic) bond motifs is 3. The van der Waals surface area contributed by atoms with Crippen LogP contribution in [0.25, 0.3) is 10.9 Å². The zero-order valence-corrected chi connectivity index (χ0v) is 16.9. The van der Waals surface area contributed by atoms with Gasteiger partial charge in [0.2, 0.25) is 11.8 Å². The summed E-state index contributed by atoms with van der Waals surface area (Å²) in [5, 5.41) is 13.4. The Hall–Kier alpha value is -3.16. The molecule has 7 nitrogen and oxygen atoms in total. The molecule has 7 heteroatoms. The van der Waals surface area contributed by atoms with Crippen LogP contribution in [0.2, 0.25) is 0 Å². The maximum absolute atomic E-state index is 12.8. The highest BCUT2D eigenvalue weighted by atomic mass is 16.3. The molecule has 3 aromatic rings. The second-order valence-electron chi connectivity index (χ2n) is 7.79. The van der Waals surface area contributed by atoms with E-state index in [4.69, 9.17) is 5.73 Å². The van der Waals surface area contributed by atoms with E-state index in [1.807, 2.05) is 53.4 Å². The third kappa shape index (κ3) is 3.94. The largest absolute Gasteiger partial charge is 0.391 e. The van der Waals surface area contributed by atoms with Gasteiger partial charge in [-0.1, -0.05) is 36.4 Å². The van der Waals surface area contributed by atoms with Crippen molar-refractivity contribution in [2.24, 2.45) is 5.73 Å². The zero-order valence-electron chi connectivity index (χ0n) is 16.9. The van der Waals surface area contributed by atoms with E-state index in [9.17, 15) is 14.7 Å². The van der Waals surface area contributed by atoms with Crippen molar-refractivity contribution in [1.29, 1.82) is 0 Å². The van der Waals surface area contributed by atoms with Crippen molar-refractivity contribution in [3.05, 3.63) is 65.4 Å². The van der Waals surface area contributed by atoms with E-state index in [0.717, 1.165) is 27.7 Å². The molecule has 0 bridgehead atoms. The molecule has 2 amide bonds. The molecular formula is C23H26N4O3. The van der Waals surface area contributed by atoms with E-state index in [0.29, 0.717) is 31.6 Å². The van der Waals surface area contributed by atoms with Gasteiger partial charge >= 0.3 is 0 Å². The van der Waals surface area contributed by atoms with Gasteiger partial charge in [0, 0.05) is 23.1 Å². The van der Waals surface area contributed by atoms with Crippen LogP contribution in [0.1, 0.15) is 23.7 Å². The SMILES string of the molecule is CC(O)C(N)C(=O)Nc1cccc2[nH]c3c(c12)CCN(C(=O)Cc1ccccc1)C3. The van der Waals surface area contributed by atoms with Crippen molar-refractivity contribution < 1.29 is 14.7 Å². The Morgan fingerprint density at radius 2 is 1.97 bits per heavy atom. The smallest absolute Gasteiger partial charge is 0.243 e.